The number of amides is 1. The summed E-state index contributed by atoms with van der Waals surface area (Å²) in [6.07, 6.45) is 1.80. The van der Waals surface area contributed by atoms with Crippen LogP contribution in [0, 0.1) is 0 Å². The molecule has 0 saturated carbocycles. The zero-order chi connectivity index (χ0) is 18.1. The molecule has 0 radical (unpaired) electrons. The fraction of sp³-hybridized carbons (Fsp3) is 0.350. The molecule has 2 N–H and O–H groups in total. The van der Waals surface area contributed by atoms with Gasteiger partial charge in [0.05, 0.1) is 20.8 Å². The van der Waals surface area contributed by atoms with E-state index in [0.717, 1.165) is 24.1 Å². The predicted octanol–water partition coefficient (Wildman–Crippen LogP) is 3.04. The SMILES string of the molecule is CCc1ccc(NC(=O)CNCCc2ccc(OC)c(OC)c2)cc1. The van der Waals surface area contributed by atoms with Gasteiger partial charge in [0.2, 0.25) is 5.91 Å². The Labute approximate surface area is 149 Å². The monoisotopic (exact) mass is 342 g/mol. The van der Waals surface area contributed by atoms with E-state index in [1.807, 2.05) is 42.5 Å². The first-order valence-corrected chi connectivity index (χ1v) is 8.46. The summed E-state index contributed by atoms with van der Waals surface area (Å²) >= 11 is 0. The lowest BCUT2D eigenvalue weighted by molar-refractivity contribution is -0.115. The average Bonchev–Trinajstić information content (AvgIpc) is 2.65. The summed E-state index contributed by atoms with van der Waals surface area (Å²) < 4.78 is 10.5. The van der Waals surface area contributed by atoms with Crippen LogP contribution in [0.4, 0.5) is 5.69 Å². The van der Waals surface area contributed by atoms with Gasteiger partial charge in [0, 0.05) is 5.69 Å². The molecule has 0 fully saturated rings. The lowest BCUT2D eigenvalue weighted by Gasteiger charge is -2.10. The van der Waals surface area contributed by atoms with Gasteiger partial charge in [0.15, 0.2) is 11.5 Å². The Morgan fingerprint density at radius 1 is 0.960 bits per heavy atom. The predicted molar refractivity (Wildman–Crippen MR) is 101 cm³/mol. The Morgan fingerprint density at radius 2 is 1.64 bits per heavy atom. The van der Waals surface area contributed by atoms with Crippen molar-refractivity contribution in [2.24, 2.45) is 0 Å². The third-order valence-electron chi connectivity index (χ3n) is 3.97. The number of rotatable bonds is 9. The third-order valence-corrected chi connectivity index (χ3v) is 3.97. The van der Waals surface area contributed by atoms with E-state index in [0.29, 0.717) is 18.0 Å². The number of anilines is 1. The van der Waals surface area contributed by atoms with Gasteiger partial charge in [-0.05, 0) is 54.8 Å². The molecule has 2 aromatic rings. The number of carbonyl (C=O) groups excluding carboxylic acids is 1. The van der Waals surface area contributed by atoms with Crippen LogP contribution in [-0.4, -0.2) is 33.2 Å². The van der Waals surface area contributed by atoms with E-state index in [1.165, 1.54) is 5.56 Å². The van der Waals surface area contributed by atoms with Crippen molar-refractivity contribution in [3.63, 3.8) is 0 Å². The van der Waals surface area contributed by atoms with Crippen LogP contribution < -0.4 is 20.1 Å². The molecule has 5 nitrogen and oxygen atoms in total. The number of benzene rings is 2. The Morgan fingerprint density at radius 3 is 2.28 bits per heavy atom. The zero-order valence-corrected chi connectivity index (χ0v) is 15.1. The van der Waals surface area contributed by atoms with Gasteiger partial charge in [-0.2, -0.15) is 0 Å². The van der Waals surface area contributed by atoms with E-state index in [4.69, 9.17) is 9.47 Å². The molecule has 5 heteroatoms. The molecule has 1 amide bonds. The van der Waals surface area contributed by atoms with Crippen molar-refractivity contribution in [1.82, 2.24) is 5.32 Å². The van der Waals surface area contributed by atoms with Crippen molar-refractivity contribution in [1.29, 1.82) is 0 Å². The second-order valence-electron chi connectivity index (χ2n) is 5.71. The Balaban J connectivity index is 1.74. The van der Waals surface area contributed by atoms with E-state index >= 15 is 0 Å². The van der Waals surface area contributed by atoms with Gasteiger partial charge in [-0.15, -0.1) is 0 Å². The van der Waals surface area contributed by atoms with Crippen molar-refractivity contribution in [2.75, 3.05) is 32.6 Å². The quantitative estimate of drug-likeness (QED) is 0.688. The second-order valence-corrected chi connectivity index (χ2v) is 5.71. The molecule has 0 atom stereocenters. The molecular formula is C20H26N2O3. The lowest BCUT2D eigenvalue weighted by atomic mass is 10.1. The maximum Gasteiger partial charge on any atom is 0.238 e. The van der Waals surface area contributed by atoms with Crippen LogP contribution in [0.25, 0.3) is 0 Å². The molecule has 0 spiro atoms. The van der Waals surface area contributed by atoms with Crippen molar-refractivity contribution in [2.45, 2.75) is 19.8 Å². The summed E-state index contributed by atoms with van der Waals surface area (Å²) in [5.41, 5.74) is 3.20. The van der Waals surface area contributed by atoms with Crippen LogP contribution in [0.15, 0.2) is 42.5 Å². The Kier molecular flexibility index (Phi) is 7.29. The third kappa shape index (κ3) is 5.80. The van der Waals surface area contributed by atoms with Crippen LogP contribution >= 0.6 is 0 Å². The lowest BCUT2D eigenvalue weighted by Crippen LogP contribution is -2.29. The average molecular weight is 342 g/mol. The summed E-state index contributed by atoms with van der Waals surface area (Å²) in [6, 6.07) is 13.8. The van der Waals surface area contributed by atoms with Gasteiger partial charge >= 0.3 is 0 Å². The molecule has 134 valence electrons. The van der Waals surface area contributed by atoms with Gasteiger partial charge in [0.25, 0.3) is 0 Å². The number of aryl methyl sites for hydroxylation is 1. The molecule has 0 unspecified atom stereocenters. The van der Waals surface area contributed by atoms with Gasteiger partial charge in [-0.1, -0.05) is 25.1 Å². The summed E-state index contributed by atoms with van der Waals surface area (Å²) in [4.78, 5) is 12.0. The van der Waals surface area contributed by atoms with Gasteiger partial charge in [-0.25, -0.2) is 0 Å². The molecule has 2 rings (SSSR count). The van der Waals surface area contributed by atoms with E-state index in [2.05, 4.69) is 17.6 Å². The Bertz CT molecular complexity index is 684. The first kappa shape index (κ1) is 18.8. The zero-order valence-electron chi connectivity index (χ0n) is 15.1. The largest absolute Gasteiger partial charge is 0.493 e. The number of hydrogen-bond donors (Lipinski definition) is 2. The molecule has 25 heavy (non-hydrogen) atoms. The van der Waals surface area contributed by atoms with Gasteiger partial charge in [0.1, 0.15) is 0 Å². The highest BCUT2D eigenvalue weighted by Crippen LogP contribution is 2.27. The van der Waals surface area contributed by atoms with Crippen LogP contribution in [0.2, 0.25) is 0 Å². The van der Waals surface area contributed by atoms with E-state index in [9.17, 15) is 4.79 Å². The van der Waals surface area contributed by atoms with Crippen LogP contribution in [-0.2, 0) is 17.6 Å². The van der Waals surface area contributed by atoms with Gasteiger partial charge in [-0.3, -0.25) is 4.79 Å². The molecular weight excluding hydrogens is 316 g/mol. The normalized spacial score (nSPS) is 10.4. The maximum absolute atomic E-state index is 12.0. The number of ether oxygens (including phenoxy) is 2. The van der Waals surface area contributed by atoms with Crippen LogP contribution in [0.5, 0.6) is 11.5 Å². The minimum Gasteiger partial charge on any atom is -0.493 e. The smallest absolute Gasteiger partial charge is 0.238 e. The molecule has 0 saturated heterocycles. The number of carbonyl (C=O) groups is 1. The molecule has 0 aliphatic heterocycles. The number of nitrogens with one attached hydrogen (secondary N) is 2. The van der Waals surface area contributed by atoms with Crippen molar-refractivity contribution >= 4 is 11.6 Å². The minimum absolute atomic E-state index is 0.0449. The molecule has 0 heterocycles. The highest BCUT2D eigenvalue weighted by atomic mass is 16.5. The standard InChI is InChI=1S/C20H26N2O3/c1-4-15-5-8-17(9-6-15)22-20(23)14-21-12-11-16-7-10-18(24-2)19(13-16)25-3/h5-10,13,21H,4,11-12,14H2,1-3H3,(H,22,23). The van der Waals surface area contributed by atoms with E-state index in [-0.39, 0.29) is 12.5 Å². The molecule has 0 bridgehead atoms. The first-order valence-electron chi connectivity index (χ1n) is 8.46. The van der Waals surface area contributed by atoms with E-state index < -0.39 is 0 Å². The highest BCUT2D eigenvalue weighted by molar-refractivity contribution is 5.92. The topological polar surface area (TPSA) is 59.6 Å². The number of hydrogen-bond acceptors (Lipinski definition) is 4. The molecule has 0 aromatic heterocycles. The summed E-state index contributed by atoms with van der Waals surface area (Å²) in [5, 5.41) is 6.05. The fourth-order valence-corrected chi connectivity index (χ4v) is 2.50. The van der Waals surface area contributed by atoms with Crippen molar-refractivity contribution in [3.05, 3.63) is 53.6 Å². The van der Waals surface area contributed by atoms with Gasteiger partial charge < -0.3 is 20.1 Å². The van der Waals surface area contributed by atoms with Crippen molar-refractivity contribution < 1.29 is 14.3 Å². The minimum atomic E-state index is -0.0449. The van der Waals surface area contributed by atoms with Crippen LogP contribution in [0.3, 0.4) is 0 Å². The molecule has 2 aromatic carbocycles. The van der Waals surface area contributed by atoms with Crippen molar-refractivity contribution in [3.8, 4) is 11.5 Å². The fourth-order valence-electron chi connectivity index (χ4n) is 2.50. The van der Waals surface area contributed by atoms with E-state index in [1.54, 1.807) is 14.2 Å². The first-order chi connectivity index (χ1) is 12.2. The maximum atomic E-state index is 12.0. The van der Waals surface area contributed by atoms with Crippen LogP contribution in [0.1, 0.15) is 18.1 Å². The molecule has 0 aliphatic carbocycles. The Hall–Kier alpha value is -2.53. The molecule has 0 aliphatic rings. The summed E-state index contributed by atoms with van der Waals surface area (Å²) in [7, 11) is 3.24. The summed E-state index contributed by atoms with van der Waals surface area (Å²) in [5.74, 6) is 1.39. The number of methoxy groups -OCH3 is 2. The highest BCUT2D eigenvalue weighted by Gasteiger charge is 2.05. The summed E-state index contributed by atoms with van der Waals surface area (Å²) in [6.45, 7) is 3.09. The second kappa shape index (κ2) is 9.69.